The van der Waals surface area contributed by atoms with Crippen molar-refractivity contribution in [3.8, 4) is 0 Å². The Balaban J connectivity index is 0.00000576. The topological polar surface area (TPSA) is 66.0 Å². The number of amides is 1. The van der Waals surface area contributed by atoms with E-state index in [0.29, 0.717) is 5.92 Å². The molecule has 6 nitrogen and oxygen atoms in total. The van der Waals surface area contributed by atoms with Gasteiger partial charge in [-0.1, -0.05) is 27.7 Å². The highest BCUT2D eigenvalue weighted by Gasteiger charge is 2.27. The molecule has 0 saturated carbocycles. The first-order valence-electron chi connectivity index (χ1n) is 9.35. The largest absolute Gasteiger partial charge is 0.381 e. The lowest BCUT2D eigenvalue weighted by atomic mass is 10.2. The summed E-state index contributed by atoms with van der Waals surface area (Å²) in [6.45, 7) is 15.0. The van der Waals surface area contributed by atoms with Crippen molar-refractivity contribution in [3.63, 3.8) is 0 Å². The maximum absolute atomic E-state index is 12.1. The fourth-order valence-corrected chi connectivity index (χ4v) is 2.63. The molecule has 2 N–H and O–H groups in total. The third-order valence-corrected chi connectivity index (χ3v) is 3.85. The normalized spacial score (nSPS) is 17.8. The van der Waals surface area contributed by atoms with Crippen LogP contribution in [0.1, 0.15) is 47.5 Å². The van der Waals surface area contributed by atoms with E-state index in [0.717, 1.165) is 58.2 Å². The van der Waals surface area contributed by atoms with Crippen LogP contribution in [-0.4, -0.2) is 62.2 Å². The van der Waals surface area contributed by atoms with Gasteiger partial charge >= 0.3 is 0 Å². The van der Waals surface area contributed by atoms with Crippen LogP contribution in [0.3, 0.4) is 0 Å². The highest BCUT2D eigenvalue weighted by molar-refractivity contribution is 14.0. The molecule has 1 heterocycles. The number of aliphatic imine (C=N–C) groups is 1. The van der Waals surface area contributed by atoms with Crippen molar-refractivity contribution < 1.29 is 9.53 Å². The van der Waals surface area contributed by atoms with Crippen LogP contribution in [-0.2, 0) is 9.53 Å². The lowest BCUT2D eigenvalue weighted by Gasteiger charge is -2.20. The predicted molar refractivity (Wildman–Crippen MR) is 115 cm³/mol. The van der Waals surface area contributed by atoms with Gasteiger partial charge in [-0.05, 0) is 25.7 Å². The minimum Gasteiger partial charge on any atom is -0.381 e. The van der Waals surface area contributed by atoms with E-state index in [-0.39, 0.29) is 41.8 Å². The number of guanidine groups is 1. The number of carbonyl (C=O) groups is 1. The summed E-state index contributed by atoms with van der Waals surface area (Å²) in [5.74, 6) is 1.72. The van der Waals surface area contributed by atoms with Crippen LogP contribution in [0.2, 0.25) is 0 Å². The average Bonchev–Trinajstić information content (AvgIpc) is 2.98. The molecule has 0 radical (unpaired) electrons. The van der Waals surface area contributed by atoms with Gasteiger partial charge in [0.1, 0.15) is 0 Å². The van der Waals surface area contributed by atoms with Crippen LogP contribution in [0.5, 0.6) is 0 Å². The van der Waals surface area contributed by atoms with Gasteiger partial charge in [0.15, 0.2) is 5.96 Å². The number of nitrogens with one attached hydrogen (secondary N) is 2. The van der Waals surface area contributed by atoms with Gasteiger partial charge in [-0.25, -0.2) is 0 Å². The second-order valence-electron chi connectivity index (χ2n) is 7.15. The van der Waals surface area contributed by atoms with Crippen LogP contribution in [0.25, 0.3) is 0 Å². The fraction of sp³-hybridized carbons (Fsp3) is 0.889. The van der Waals surface area contributed by atoms with Crippen molar-refractivity contribution in [3.05, 3.63) is 0 Å². The minimum atomic E-state index is 0. The van der Waals surface area contributed by atoms with Crippen LogP contribution < -0.4 is 10.6 Å². The number of hydrogen-bond acceptors (Lipinski definition) is 3. The van der Waals surface area contributed by atoms with Crippen molar-refractivity contribution in [1.29, 1.82) is 0 Å². The summed E-state index contributed by atoms with van der Waals surface area (Å²) >= 11 is 0. The van der Waals surface area contributed by atoms with Crippen molar-refractivity contribution >= 4 is 35.8 Å². The van der Waals surface area contributed by atoms with Crippen molar-refractivity contribution in [2.24, 2.45) is 16.8 Å². The lowest BCUT2D eigenvalue weighted by Crippen LogP contribution is -2.45. The second kappa shape index (κ2) is 13.6. The Kier molecular flexibility index (Phi) is 13.3. The molecule has 1 saturated heterocycles. The fourth-order valence-electron chi connectivity index (χ4n) is 2.63. The Morgan fingerprint density at radius 1 is 1.32 bits per heavy atom. The molecular formula is C18H37IN4O2. The van der Waals surface area contributed by atoms with E-state index in [9.17, 15) is 4.79 Å². The molecule has 0 aromatic heterocycles. The zero-order chi connectivity index (χ0) is 17.9. The summed E-state index contributed by atoms with van der Waals surface area (Å²) in [5.41, 5.74) is 0. The number of hydrogen-bond donors (Lipinski definition) is 2. The predicted octanol–water partition coefficient (Wildman–Crippen LogP) is 2.48. The van der Waals surface area contributed by atoms with E-state index in [1.807, 2.05) is 18.7 Å². The number of carbonyl (C=O) groups excluding carboxylic acids is 1. The number of nitrogens with zero attached hydrogens (tertiary/aromatic N) is 2. The summed E-state index contributed by atoms with van der Waals surface area (Å²) in [7, 11) is 0. The Morgan fingerprint density at radius 3 is 2.64 bits per heavy atom. The maximum atomic E-state index is 12.1. The third kappa shape index (κ3) is 10.2. The van der Waals surface area contributed by atoms with E-state index in [1.165, 1.54) is 0 Å². The van der Waals surface area contributed by atoms with E-state index < -0.39 is 0 Å². The first-order valence-corrected chi connectivity index (χ1v) is 9.35. The van der Waals surface area contributed by atoms with E-state index in [1.54, 1.807) is 0 Å². The van der Waals surface area contributed by atoms with Gasteiger partial charge in [0.2, 0.25) is 5.91 Å². The Morgan fingerprint density at radius 2 is 2.04 bits per heavy atom. The first-order chi connectivity index (χ1) is 11.4. The molecule has 0 aliphatic carbocycles. The number of ether oxygens (including phenoxy) is 1. The van der Waals surface area contributed by atoms with E-state index in [4.69, 9.17) is 4.74 Å². The van der Waals surface area contributed by atoms with E-state index in [2.05, 4.69) is 36.4 Å². The Labute approximate surface area is 170 Å². The molecule has 0 bridgehead atoms. The summed E-state index contributed by atoms with van der Waals surface area (Å²) in [6.07, 6.45) is 1.90. The number of halogens is 1. The highest BCUT2D eigenvalue weighted by Crippen LogP contribution is 2.12. The smallest absolute Gasteiger partial charge is 0.225 e. The molecule has 1 aliphatic rings. The molecule has 1 amide bonds. The van der Waals surface area contributed by atoms with Crippen molar-refractivity contribution in [2.45, 2.75) is 53.5 Å². The molecule has 1 unspecified atom stereocenters. The zero-order valence-corrected chi connectivity index (χ0v) is 18.8. The third-order valence-electron chi connectivity index (χ3n) is 3.85. The molecule has 1 atom stereocenters. The minimum absolute atomic E-state index is 0. The van der Waals surface area contributed by atoms with Gasteiger partial charge in [-0.15, -0.1) is 24.0 Å². The number of rotatable bonds is 9. The zero-order valence-electron chi connectivity index (χ0n) is 16.5. The highest BCUT2D eigenvalue weighted by atomic mass is 127. The summed E-state index contributed by atoms with van der Waals surface area (Å²) in [4.78, 5) is 18.6. The molecule has 25 heavy (non-hydrogen) atoms. The molecule has 148 valence electrons. The Hall–Kier alpha value is -0.570. The second-order valence-corrected chi connectivity index (χ2v) is 7.15. The number of likely N-dealkylation sites (tertiary alicyclic amines) is 1. The van der Waals surface area contributed by atoms with Gasteiger partial charge in [0.05, 0.1) is 0 Å². The molecule has 1 rings (SSSR count). The van der Waals surface area contributed by atoms with Crippen LogP contribution in [0.15, 0.2) is 4.99 Å². The molecule has 7 heteroatoms. The van der Waals surface area contributed by atoms with Crippen LogP contribution in [0.4, 0.5) is 0 Å². The lowest BCUT2D eigenvalue weighted by molar-refractivity contribution is -0.133. The monoisotopic (exact) mass is 468 g/mol. The van der Waals surface area contributed by atoms with Crippen molar-refractivity contribution in [1.82, 2.24) is 15.5 Å². The van der Waals surface area contributed by atoms with Gasteiger partial charge in [0.25, 0.3) is 0 Å². The molecule has 0 aromatic rings. The van der Waals surface area contributed by atoms with Gasteiger partial charge in [-0.3, -0.25) is 9.79 Å². The van der Waals surface area contributed by atoms with E-state index >= 15 is 0 Å². The average molecular weight is 468 g/mol. The van der Waals surface area contributed by atoms with Gasteiger partial charge < -0.3 is 20.3 Å². The standard InChI is InChI=1S/C18H36N4O2.HI/c1-6-19-18(20-9-7-11-24-13-14(2)3)21-16-8-10-22(12-16)17(23)15(4)5;/h14-16H,6-13H2,1-5H3,(H2,19,20,21);1H. The molecular weight excluding hydrogens is 431 g/mol. The Bertz CT molecular complexity index is 403. The van der Waals surface area contributed by atoms with Crippen molar-refractivity contribution in [2.75, 3.05) is 39.4 Å². The van der Waals surface area contributed by atoms with Gasteiger partial charge in [-0.2, -0.15) is 0 Å². The quantitative estimate of drug-likeness (QED) is 0.236. The maximum Gasteiger partial charge on any atom is 0.225 e. The van der Waals surface area contributed by atoms with Gasteiger partial charge in [0, 0.05) is 51.4 Å². The summed E-state index contributed by atoms with van der Waals surface area (Å²) < 4.78 is 5.58. The van der Waals surface area contributed by atoms with Crippen LogP contribution >= 0.6 is 24.0 Å². The SMILES string of the molecule is CCNC(=NCCCOCC(C)C)NC1CCN(C(=O)C(C)C)C1.I. The summed E-state index contributed by atoms with van der Waals surface area (Å²) in [5, 5.41) is 6.73. The summed E-state index contributed by atoms with van der Waals surface area (Å²) in [6, 6.07) is 0.280. The molecule has 0 aromatic carbocycles. The first kappa shape index (κ1) is 24.4. The molecule has 1 fully saturated rings. The molecule has 0 spiro atoms. The molecule has 1 aliphatic heterocycles. The van der Waals surface area contributed by atoms with Crippen LogP contribution in [0, 0.1) is 11.8 Å².